The van der Waals surface area contributed by atoms with Crippen LogP contribution in [0.4, 0.5) is 10.5 Å². The summed E-state index contributed by atoms with van der Waals surface area (Å²) in [7, 11) is 0. The Hall–Kier alpha value is -7.63. The third kappa shape index (κ3) is 28.2. The van der Waals surface area contributed by atoms with Crippen molar-refractivity contribution in [2.45, 2.75) is 102 Å². The molecule has 1 saturated heterocycles. The molecule has 0 saturated carbocycles. The summed E-state index contributed by atoms with van der Waals surface area (Å²) >= 11 is 9.08. The molecular weight excluding hydrogens is 1190 g/mol. The molecule has 28 heteroatoms. The third-order valence-corrected chi connectivity index (χ3v) is 14.8. The van der Waals surface area contributed by atoms with E-state index in [1.54, 1.807) is 29.2 Å². The molecule has 1 fully saturated rings. The highest BCUT2D eigenvalue weighted by molar-refractivity contribution is 9.10. The van der Waals surface area contributed by atoms with Crippen LogP contribution < -0.4 is 44.2 Å². The first-order valence-corrected chi connectivity index (χ1v) is 29.2. The minimum absolute atomic E-state index is 0.0196. The normalized spacial score (nSPS) is 15.4. The highest BCUT2D eigenvalue weighted by Crippen LogP contribution is 2.19. The number of rotatable bonds is 34. The summed E-state index contributed by atoms with van der Waals surface area (Å²) in [6.45, 7) is 3.13. The van der Waals surface area contributed by atoms with Crippen LogP contribution in [-0.2, 0) is 57.9 Å². The second-order valence-electron chi connectivity index (χ2n) is 20.9. The summed E-state index contributed by atoms with van der Waals surface area (Å²) in [6.07, 6.45) is 3.16. The van der Waals surface area contributed by atoms with Crippen molar-refractivity contribution < 1.29 is 63.3 Å². The number of nitrogens with two attached hydrogens (primary N) is 4. The molecule has 0 spiro atoms. The number of amides is 8. The largest absolute Gasteiger partial charge is 0.481 e. The molecule has 0 radical (unpaired) electrons. The van der Waals surface area contributed by atoms with Gasteiger partial charge >= 0.3 is 23.9 Å². The number of carboxylic acids is 3. The summed E-state index contributed by atoms with van der Waals surface area (Å²) in [5.74, 6) is -6.60. The van der Waals surface area contributed by atoms with Gasteiger partial charge in [-0.1, -0.05) is 71.0 Å². The Morgan fingerprint density at radius 3 is 1.67 bits per heavy atom. The second-order valence-corrected chi connectivity index (χ2v) is 22.3. The quantitative estimate of drug-likeness (QED) is 0.0297. The predicted octanol–water partition coefficient (Wildman–Crippen LogP) is 1.41. The van der Waals surface area contributed by atoms with E-state index in [2.05, 4.69) is 37.2 Å². The number of benzene rings is 3. The lowest BCUT2D eigenvalue weighted by molar-refractivity contribution is -0.141. The molecule has 464 valence electrons. The van der Waals surface area contributed by atoms with Gasteiger partial charge in [-0.25, -0.2) is 14.4 Å². The highest BCUT2D eigenvalue weighted by Gasteiger charge is 2.28. The maximum absolute atomic E-state index is 13.9. The summed E-state index contributed by atoms with van der Waals surface area (Å²) in [5.41, 5.74) is 26.3. The molecule has 1 unspecified atom stereocenters. The average Bonchev–Trinajstić information content (AvgIpc) is 3.65. The Morgan fingerprint density at radius 1 is 0.588 bits per heavy atom. The summed E-state index contributed by atoms with van der Waals surface area (Å²) in [6, 6.07) is 17.7. The number of carbonyl (C=O) groups excluding carboxylic acids is 7. The number of carbonyl (C=O) groups is 10. The van der Waals surface area contributed by atoms with Crippen molar-refractivity contribution in [3.63, 3.8) is 0 Å². The van der Waals surface area contributed by atoms with Gasteiger partial charge in [0.1, 0.15) is 12.1 Å². The number of anilines is 1. The van der Waals surface area contributed by atoms with Crippen LogP contribution >= 0.6 is 28.1 Å². The van der Waals surface area contributed by atoms with Gasteiger partial charge in [0.15, 0.2) is 0 Å². The molecular formula is C57H80BrN13O13S. The van der Waals surface area contributed by atoms with E-state index in [4.69, 9.17) is 40.3 Å². The minimum Gasteiger partial charge on any atom is -0.481 e. The minimum atomic E-state index is -1.54. The fourth-order valence-corrected chi connectivity index (χ4v) is 10.1. The summed E-state index contributed by atoms with van der Waals surface area (Å²) < 4.78 is 0.854. The van der Waals surface area contributed by atoms with E-state index in [-0.39, 0.29) is 76.5 Å². The lowest BCUT2D eigenvalue weighted by atomic mass is 10.0. The summed E-state index contributed by atoms with van der Waals surface area (Å²) in [4.78, 5) is 132. The van der Waals surface area contributed by atoms with Crippen LogP contribution in [0.3, 0.4) is 0 Å². The first-order valence-electron chi connectivity index (χ1n) is 28.0. The maximum atomic E-state index is 13.9. The van der Waals surface area contributed by atoms with Crippen LogP contribution in [0.15, 0.2) is 77.3 Å². The lowest BCUT2D eigenvalue weighted by Crippen LogP contribution is -2.54. The average molecular weight is 1270 g/mol. The second kappa shape index (κ2) is 36.9. The number of hydrogen-bond donors (Lipinski definition) is 11. The molecule has 1 heterocycles. The zero-order chi connectivity index (χ0) is 62.4. The molecule has 15 N–H and O–H groups in total. The van der Waals surface area contributed by atoms with Gasteiger partial charge < -0.3 is 64.4 Å². The SMILES string of the molecule is NC(=O)CN1CCN(CC(N)=O)CCN(CC(N)=O)C(Cc2ccc(NC(=S)CCCCCC(=O)NCc3ccc(C(=O)N(CCCC[C@@H](NC(=O)N[C@H](CCC(=O)O)C(=O)O)C(=O)O)Cc4ccc(Br)cc4)cc3)cc2)CN(CC(N)=O)CC1. The van der Waals surface area contributed by atoms with Gasteiger partial charge in [0.2, 0.25) is 29.5 Å². The van der Waals surface area contributed by atoms with E-state index < -0.39 is 72.5 Å². The maximum Gasteiger partial charge on any atom is 0.326 e. The number of thiocarbonyl (C=S) groups is 1. The Bertz CT molecular complexity index is 2750. The van der Waals surface area contributed by atoms with Gasteiger partial charge in [-0.05, 0) is 104 Å². The molecule has 85 heavy (non-hydrogen) atoms. The number of hydrogen-bond acceptors (Lipinski definition) is 15. The summed E-state index contributed by atoms with van der Waals surface area (Å²) in [5, 5.41) is 38.6. The van der Waals surface area contributed by atoms with Crippen LogP contribution in [0.2, 0.25) is 0 Å². The van der Waals surface area contributed by atoms with E-state index in [9.17, 15) is 58.2 Å². The molecule has 1 aliphatic heterocycles. The van der Waals surface area contributed by atoms with Gasteiger partial charge in [-0.15, -0.1) is 0 Å². The molecule has 0 aliphatic carbocycles. The molecule has 3 aromatic rings. The smallest absolute Gasteiger partial charge is 0.326 e. The molecule has 3 atom stereocenters. The van der Waals surface area contributed by atoms with Crippen LogP contribution in [0.1, 0.15) is 91.3 Å². The predicted molar refractivity (Wildman–Crippen MR) is 323 cm³/mol. The Morgan fingerprint density at radius 2 is 1.11 bits per heavy atom. The number of urea groups is 1. The van der Waals surface area contributed by atoms with Crippen molar-refractivity contribution in [1.82, 2.24) is 40.4 Å². The first-order chi connectivity index (χ1) is 40.4. The number of nitrogens with zero attached hydrogens (tertiary/aromatic N) is 5. The van der Waals surface area contributed by atoms with Crippen molar-refractivity contribution in [3.05, 3.63) is 99.5 Å². The fraction of sp³-hybridized carbons (Fsp3) is 0.491. The van der Waals surface area contributed by atoms with Gasteiger partial charge in [0.25, 0.3) is 5.91 Å². The Labute approximate surface area is 507 Å². The molecule has 3 aromatic carbocycles. The van der Waals surface area contributed by atoms with Gasteiger partial charge in [0, 0.05) is 100 Å². The van der Waals surface area contributed by atoms with Crippen LogP contribution in [-0.4, -0.2) is 201 Å². The molecule has 0 aromatic heterocycles. The Balaban J connectivity index is 1.25. The van der Waals surface area contributed by atoms with E-state index in [0.717, 1.165) is 39.7 Å². The zero-order valence-corrected chi connectivity index (χ0v) is 50.0. The van der Waals surface area contributed by atoms with Crippen molar-refractivity contribution in [3.8, 4) is 0 Å². The lowest BCUT2D eigenvalue weighted by Gasteiger charge is -2.38. The highest BCUT2D eigenvalue weighted by atomic mass is 79.9. The Kier molecular flexibility index (Phi) is 30.4. The molecule has 4 rings (SSSR count). The van der Waals surface area contributed by atoms with Crippen LogP contribution in [0.25, 0.3) is 0 Å². The van der Waals surface area contributed by atoms with E-state index >= 15 is 0 Å². The molecule has 26 nitrogen and oxygen atoms in total. The van der Waals surface area contributed by atoms with E-state index in [1.165, 1.54) is 0 Å². The van der Waals surface area contributed by atoms with Crippen molar-refractivity contribution >= 4 is 98.2 Å². The van der Waals surface area contributed by atoms with Crippen LogP contribution in [0, 0.1) is 0 Å². The van der Waals surface area contributed by atoms with Crippen molar-refractivity contribution in [1.29, 1.82) is 0 Å². The number of primary amides is 4. The number of carboxylic acid groups (broad SMARTS) is 3. The number of halogens is 1. The molecule has 1 aliphatic rings. The van der Waals surface area contributed by atoms with Crippen molar-refractivity contribution in [2.75, 3.05) is 83.9 Å². The topological polar surface area (TPSA) is 400 Å². The van der Waals surface area contributed by atoms with Crippen LogP contribution in [0.5, 0.6) is 0 Å². The van der Waals surface area contributed by atoms with Gasteiger partial charge in [-0.3, -0.25) is 53.2 Å². The van der Waals surface area contributed by atoms with Gasteiger partial charge in [0.05, 0.1) is 31.2 Å². The molecule has 0 bridgehead atoms. The number of nitrogens with one attached hydrogen (secondary N) is 4. The zero-order valence-electron chi connectivity index (χ0n) is 47.6. The standard InChI is InChI=1S/C57H80BrN13O13S/c58-42-17-11-40(12-18-42)32-71(23-5-4-6-45(55(80)81)65-57(84)66-46(56(82)83)21-22-53(77)78)54(79)41-15-9-39(10-16-41)31-63-51(76)7-2-1-3-8-52(85)64-43-19-13-38(14-20-43)30-44-33-69(36-49(61)74)27-26-67(34-47(59)72)24-25-68(35-48(60)73)28-29-70(44)37-50(62)75/h9-20,44-46H,1-8,21-37H2,(H2,59,72)(H2,60,73)(H2,61,74)(H2,62,75)(H,63,76)(H,64,85)(H,77,78)(H,80,81)(H,82,83)(H2,65,66,84)/t44?,45-,46-/m1/s1. The van der Waals surface area contributed by atoms with Gasteiger partial charge in [-0.2, -0.15) is 0 Å². The number of unbranched alkanes of at least 4 members (excludes halogenated alkanes) is 3. The fourth-order valence-electron chi connectivity index (χ4n) is 9.53. The molecule has 8 amide bonds. The number of aliphatic carboxylic acids is 3. The first kappa shape index (κ1) is 69.9. The van der Waals surface area contributed by atoms with E-state index in [0.29, 0.717) is 88.5 Å². The third-order valence-electron chi connectivity index (χ3n) is 14.0. The van der Waals surface area contributed by atoms with Crippen molar-refractivity contribution in [2.24, 2.45) is 22.9 Å². The monoisotopic (exact) mass is 1270 g/mol. The van der Waals surface area contributed by atoms with E-state index in [1.807, 2.05) is 68.1 Å².